The lowest BCUT2D eigenvalue weighted by atomic mass is 9.84. The van der Waals surface area contributed by atoms with E-state index in [2.05, 4.69) is 11.0 Å². The van der Waals surface area contributed by atoms with E-state index in [4.69, 9.17) is 5.73 Å². The van der Waals surface area contributed by atoms with E-state index in [1.54, 1.807) is 11.0 Å². The minimum atomic E-state index is -1.00. The van der Waals surface area contributed by atoms with E-state index in [0.29, 0.717) is 36.7 Å². The molecule has 4 atom stereocenters. The Hall–Kier alpha value is -2.70. The molecule has 32 heavy (non-hydrogen) atoms. The van der Waals surface area contributed by atoms with Crippen LogP contribution in [0.15, 0.2) is 54.6 Å². The van der Waals surface area contributed by atoms with Gasteiger partial charge in [-0.05, 0) is 61.8 Å². The van der Waals surface area contributed by atoms with Crippen molar-refractivity contribution in [3.63, 3.8) is 0 Å². The second-order valence-corrected chi connectivity index (χ2v) is 9.20. The van der Waals surface area contributed by atoms with Gasteiger partial charge < -0.3 is 15.7 Å². The Bertz CT molecular complexity index is 932. The maximum Gasteiger partial charge on any atom is 0.251 e. The molecule has 6 nitrogen and oxygen atoms in total. The number of nitrogens with two attached hydrogens (primary N) is 1. The number of primary amides is 1. The highest BCUT2D eigenvalue weighted by molar-refractivity contribution is 5.92. The summed E-state index contributed by atoms with van der Waals surface area (Å²) in [5.74, 6) is -0.171. The maximum atomic E-state index is 12.6. The summed E-state index contributed by atoms with van der Waals surface area (Å²) in [4.78, 5) is 28.6. The first-order valence-electron chi connectivity index (χ1n) is 11.6. The average Bonchev–Trinajstić information content (AvgIpc) is 3.03. The van der Waals surface area contributed by atoms with E-state index in [0.717, 1.165) is 24.9 Å². The predicted octanol–water partition coefficient (Wildman–Crippen LogP) is 2.91. The second-order valence-electron chi connectivity index (χ2n) is 9.20. The molecule has 4 rings (SSSR count). The van der Waals surface area contributed by atoms with Gasteiger partial charge in [0.15, 0.2) is 0 Å². The Labute approximate surface area is 190 Å². The van der Waals surface area contributed by atoms with E-state index in [9.17, 15) is 14.7 Å². The van der Waals surface area contributed by atoms with E-state index in [1.807, 2.05) is 42.5 Å². The van der Waals surface area contributed by atoms with E-state index < -0.39 is 6.10 Å². The number of aliphatic hydroxyl groups is 1. The molecule has 0 aromatic heterocycles. The van der Waals surface area contributed by atoms with Crippen molar-refractivity contribution in [2.75, 3.05) is 13.1 Å². The third kappa shape index (κ3) is 5.03. The molecule has 0 radical (unpaired) electrons. The van der Waals surface area contributed by atoms with Gasteiger partial charge in [-0.1, -0.05) is 42.5 Å². The highest BCUT2D eigenvalue weighted by atomic mass is 16.3. The number of rotatable bonds is 8. The third-order valence-corrected chi connectivity index (χ3v) is 7.04. The van der Waals surface area contributed by atoms with Gasteiger partial charge in [0.2, 0.25) is 5.91 Å². The molecule has 2 aliphatic heterocycles. The van der Waals surface area contributed by atoms with Crippen molar-refractivity contribution in [3.8, 4) is 0 Å². The van der Waals surface area contributed by atoms with Crippen LogP contribution in [0.25, 0.3) is 0 Å². The molecule has 170 valence electrons. The summed E-state index contributed by atoms with van der Waals surface area (Å²) < 4.78 is 0. The molecule has 2 aliphatic rings. The van der Waals surface area contributed by atoms with Crippen LogP contribution < -0.4 is 5.73 Å². The van der Waals surface area contributed by atoms with Gasteiger partial charge in [0, 0.05) is 37.3 Å². The van der Waals surface area contributed by atoms with Crippen LogP contribution in [0.1, 0.15) is 60.0 Å². The molecular weight excluding hydrogens is 402 g/mol. The predicted molar refractivity (Wildman–Crippen MR) is 124 cm³/mol. The van der Waals surface area contributed by atoms with E-state index >= 15 is 0 Å². The quantitative estimate of drug-likeness (QED) is 0.668. The zero-order valence-electron chi connectivity index (χ0n) is 18.7. The first kappa shape index (κ1) is 22.5. The molecule has 0 saturated carbocycles. The van der Waals surface area contributed by atoms with Gasteiger partial charge in [0.1, 0.15) is 6.10 Å². The topological polar surface area (TPSA) is 86.9 Å². The molecule has 2 aromatic rings. The number of nitrogens with zero attached hydrogens (tertiary/aromatic N) is 2. The molecule has 2 saturated heterocycles. The van der Waals surface area contributed by atoms with Crippen molar-refractivity contribution in [1.29, 1.82) is 0 Å². The fourth-order valence-electron chi connectivity index (χ4n) is 5.43. The Balaban J connectivity index is 1.41. The number of aliphatic hydroxyl groups excluding tert-OH is 1. The summed E-state index contributed by atoms with van der Waals surface area (Å²) in [5.41, 5.74) is 8.32. The Kier molecular flexibility index (Phi) is 6.92. The van der Waals surface area contributed by atoms with Gasteiger partial charge in [0.25, 0.3) is 5.91 Å². The van der Waals surface area contributed by atoms with Crippen LogP contribution in [0.4, 0.5) is 0 Å². The molecule has 0 spiro atoms. The summed E-state index contributed by atoms with van der Waals surface area (Å²) in [5, 5.41) is 9.91. The number of hydrogen-bond acceptors (Lipinski definition) is 4. The lowest BCUT2D eigenvalue weighted by molar-refractivity contribution is -0.140. The molecule has 6 heteroatoms. The van der Waals surface area contributed by atoms with Crippen molar-refractivity contribution in [2.24, 2.45) is 5.73 Å². The second kappa shape index (κ2) is 9.84. The highest BCUT2D eigenvalue weighted by Gasteiger charge is 2.41. The highest BCUT2D eigenvalue weighted by Crippen LogP contribution is 2.43. The first-order valence-corrected chi connectivity index (χ1v) is 11.6. The fourth-order valence-corrected chi connectivity index (χ4v) is 5.43. The van der Waals surface area contributed by atoms with Gasteiger partial charge in [-0.3, -0.25) is 14.5 Å². The SMILES string of the molecule is CC(O)C(=O)N(CCN1[C@@H]2CC[C@H]1CC(c1cccc(C(N)=O)c1)C2)Cc1ccccc1. The minimum Gasteiger partial charge on any atom is -0.384 e. The van der Waals surface area contributed by atoms with Gasteiger partial charge in [0.05, 0.1) is 0 Å². The number of hydrogen-bond donors (Lipinski definition) is 2. The Morgan fingerprint density at radius 1 is 1.09 bits per heavy atom. The number of benzene rings is 2. The van der Waals surface area contributed by atoms with Crippen LogP contribution in [0.2, 0.25) is 0 Å². The van der Waals surface area contributed by atoms with Crippen molar-refractivity contribution < 1.29 is 14.7 Å². The third-order valence-electron chi connectivity index (χ3n) is 7.04. The average molecular weight is 436 g/mol. The van der Waals surface area contributed by atoms with Gasteiger partial charge in [-0.2, -0.15) is 0 Å². The number of piperidine rings is 1. The van der Waals surface area contributed by atoms with Crippen LogP contribution >= 0.6 is 0 Å². The Morgan fingerprint density at radius 2 is 1.78 bits per heavy atom. The number of carbonyl (C=O) groups excluding carboxylic acids is 2. The number of carbonyl (C=O) groups is 2. The Morgan fingerprint density at radius 3 is 2.41 bits per heavy atom. The summed E-state index contributed by atoms with van der Waals surface area (Å²) in [7, 11) is 0. The molecule has 2 aromatic carbocycles. The smallest absolute Gasteiger partial charge is 0.251 e. The summed E-state index contributed by atoms with van der Waals surface area (Å²) in [6, 6.07) is 18.6. The largest absolute Gasteiger partial charge is 0.384 e. The lowest BCUT2D eigenvalue weighted by Gasteiger charge is -2.40. The van der Waals surface area contributed by atoms with Gasteiger partial charge in [-0.25, -0.2) is 0 Å². The van der Waals surface area contributed by atoms with Crippen molar-refractivity contribution in [1.82, 2.24) is 9.80 Å². The van der Waals surface area contributed by atoms with E-state index in [-0.39, 0.29) is 11.8 Å². The monoisotopic (exact) mass is 435 g/mol. The van der Waals surface area contributed by atoms with Gasteiger partial charge >= 0.3 is 0 Å². The molecule has 2 fully saturated rings. The number of fused-ring (bicyclic) bond motifs is 2. The molecule has 2 amide bonds. The lowest BCUT2D eigenvalue weighted by Crippen LogP contribution is -2.48. The summed E-state index contributed by atoms with van der Waals surface area (Å²) in [6.45, 7) is 3.47. The summed E-state index contributed by atoms with van der Waals surface area (Å²) >= 11 is 0. The van der Waals surface area contributed by atoms with Crippen LogP contribution in [-0.2, 0) is 11.3 Å². The van der Waals surface area contributed by atoms with Crippen molar-refractivity contribution in [3.05, 3.63) is 71.3 Å². The normalized spacial score (nSPS) is 23.6. The summed E-state index contributed by atoms with van der Waals surface area (Å²) in [6.07, 6.45) is 3.45. The van der Waals surface area contributed by atoms with Crippen LogP contribution in [0.5, 0.6) is 0 Å². The molecule has 2 bridgehead atoms. The minimum absolute atomic E-state index is 0.223. The van der Waals surface area contributed by atoms with E-state index in [1.165, 1.54) is 25.3 Å². The fraction of sp³-hybridized carbons (Fsp3) is 0.462. The molecule has 3 N–H and O–H groups in total. The maximum absolute atomic E-state index is 12.6. The van der Waals surface area contributed by atoms with Gasteiger partial charge in [-0.15, -0.1) is 0 Å². The van der Waals surface area contributed by atoms with Crippen molar-refractivity contribution >= 4 is 11.8 Å². The zero-order chi connectivity index (χ0) is 22.7. The van der Waals surface area contributed by atoms with Crippen LogP contribution in [0.3, 0.4) is 0 Å². The van der Waals surface area contributed by atoms with Crippen molar-refractivity contribution in [2.45, 2.75) is 63.3 Å². The number of amides is 2. The van der Waals surface area contributed by atoms with Crippen LogP contribution in [0, 0.1) is 0 Å². The molecule has 2 heterocycles. The molecule has 0 aliphatic carbocycles. The van der Waals surface area contributed by atoms with Crippen LogP contribution in [-0.4, -0.2) is 58.0 Å². The molecule has 2 unspecified atom stereocenters. The first-order chi connectivity index (χ1) is 15.4. The zero-order valence-corrected chi connectivity index (χ0v) is 18.7. The molecular formula is C26H33N3O3. The standard InChI is InChI=1S/C26H33N3O3/c1-18(30)26(32)28(17-19-6-3-2-4-7-19)12-13-29-23-10-11-24(29)16-22(15-23)20-8-5-9-21(14-20)25(27)31/h2-9,14,18,22-24,30H,10-13,15-17H2,1H3,(H2,27,31)/t18?,22?,23-,24+.